The van der Waals surface area contributed by atoms with Crippen molar-refractivity contribution in [1.82, 2.24) is 5.32 Å². The lowest BCUT2D eigenvalue weighted by molar-refractivity contribution is -0.134. The van der Waals surface area contributed by atoms with Crippen molar-refractivity contribution in [1.29, 1.82) is 0 Å². The quantitative estimate of drug-likeness (QED) is 0.814. The first-order chi connectivity index (χ1) is 9.65. The molecular weight excluding hydrogens is 262 g/mol. The summed E-state index contributed by atoms with van der Waals surface area (Å²) in [5.41, 5.74) is 0. The van der Waals surface area contributed by atoms with Gasteiger partial charge in [0.1, 0.15) is 6.10 Å². The van der Waals surface area contributed by atoms with Crippen molar-refractivity contribution in [2.45, 2.75) is 25.2 Å². The summed E-state index contributed by atoms with van der Waals surface area (Å²) in [6.07, 6.45) is -1.16. The lowest BCUT2D eigenvalue weighted by atomic mass is 10.1. The van der Waals surface area contributed by atoms with Gasteiger partial charge in [-0.1, -0.05) is 12.1 Å². The SMILES string of the molecule is COCC(CO)NC(=O)C1Oc2ccccc2OC1C. The first-order valence-corrected chi connectivity index (χ1v) is 6.48. The Morgan fingerprint density at radius 2 is 2.05 bits per heavy atom. The van der Waals surface area contributed by atoms with E-state index >= 15 is 0 Å². The first kappa shape index (κ1) is 14.6. The third-order valence-electron chi connectivity index (χ3n) is 3.04. The molecule has 0 spiro atoms. The summed E-state index contributed by atoms with van der Waals surface area (Å²) in [5.74, 6) is 0.834. The molecule has 2 N–H and O–H groups in total. The molecule has 1 heterocycles. The van der Waals surface area contributed by atoms with E-state index in [0.29, 0.717) is 11.5 Å². The number of fused-ring (bicyclic) bond motifs is 1. The van der Waals surface area contributed by atoms with Crippen LogP contribution >= 0.6 is 0 Å². The van der Waals surface area contributed by atoms with E-state index in [-0.39, 0.29) is 19.1 Å². The van der Waals surface area contributed by atoms with E-state index < -0.39 is 18.2 Å². The monoisotopic (exact) mass is 281 g/mol. The standard InChI is InChI=1S/C14H19NO5/c1-9-13(14(17)15-10(7-16)8-18-2)20-12-6-4-3-5-11(12)19-9/h3-6,9-10,13,16H,7-8H2,1-2H3,(H,15,17). The van der Waals surface area contributed by atoms with Crippen molar-refractivity contribution in [3.63, 3.8) is 0 Å². The fourth-order valence-corrected chi connectivity index (χ4v) is 2.03. The van der Waals surface area contributed by atoms with Gasteiger partial charge in [-0.2, -0.15) is 0 Å². The topological polar surface area (TPSA) is 77.0 Å². The number of hydrogen-bond acceptors (Lipinski definition) is 5. The molecule has 3 atom stereocenters. The van der Waals surface area contributed by atoms with Gasteiger partial charge in [0.05, 0.1) is 19.3 Å². The lowest BCUT2D eigenvalue weighted by Crippen LogP contribution is -2.53. The highest BCUT2D eigenvalue weighted by atomic mass is 16.6. The van der Waals surface area contributed by atoms with E-state index in [1.165, 1.54) is 7.11 Å². The Balaban J connectivity index is 2.04. The Kier molecular flexibility index (Phi) is 4.81. The van der Waals surface area contributed by atoms with Gasteiger partial charge in [-0.3, -0.25) is 4.79 Å². The van der Waals surface area contributed by atoms with Crippen LogP contribution in [0.5, 0.6) is 11.5 Å². The molecule has 3 unspecified atom stereocenters. The number of benzene rings is 1. The van der Waals surface area contributed by atoms with Gasteiger partial charge in [0.2, 0.25) is 6.10 Å². The molecule has 1 aromatic carbocycles. The number of aliphatic hydroxyl groups excluding tert-OH is 1. The minimum atomic E-state index is -0.754. The van der Waals surface area contributed by atoms with E-state index in [4.69, 9.17) is 19.3 Å². The van der Waals surface area contributed by atoms with Crippen LogP contribution in [0.3, 0.4) is 0 Å². The summed E-state index contributed by atoms with van der Waals surface area (Å²) in [7, 11) is 1.51. The molecule has 1 aromatic rings. The normalized spacial score (nSPS) is 22.1. The molecule has 0 saturated carbocycles. The Morgan fingerprint density at radius 1 is 1.40 bits per heavy atom. The number of hydrogen-bond donors (Lipinski definition) is 2. The maximum Gasteiger partial charge on any atom is 0.265 e. The summed E-state index contributed by atoms with van der Waals surface area (Å²) in [6, 6.07) is 6.74. The summed E-state index contributed by atoms with van der Waals surface area (Å²) in [4.78, 5) is 12.2. The fraction of sp³-hybridized carbons (Fsp3) is 0.500. The highest BCUT2D eigenvalue weighted by Gasteiger charge is 2.34. The van der Waals surface area contributed by atoms with Crippen molar-refractivity contribution < 1.29 is 24.1 Å². The van der Waals surface area contributed by atoms with Crippen LogP contribution in [0.2, 0.25) is 0 Å². The summed E-state index contributed by atoms with van der Waals surface area (Å²) in [6.45, 7) is 1.81. The molecule has 1 amide bonds. The van der Waals surface area contributed by atoms with E-state index in [1.54, 1.807) is 19.1 Å². The molecule has 0 aromatic heterocycles. The molecule has 1 aliphatic heterocycles. The lowest BCUT2D eigenvalue weighted by Gasteiger charge is -2.31. The van der Waals surface area contributed by atoms with Gasteiger partial charge in [-0.25, -0.2) is 0 Å². The van der Waals surface area contributed by atoms with Crippen molar-refractivity contribution in [2.75, 3.05) is 20.3 Å². The van der Waals surface area contributed by atoms with E-state index in [1.807, 2.05) is 12.1 Å². The Morgan fingerprint density at radius 3 is 2.65 bits per heavy atom. The second kappa shape index (κ2) is 6.58. The predicted molar refractivity (Wildman–Crippen MR) is 71.8 cm³/mol. The van der Waals surface area contributed by atoms with Gasteiger partial charge in [0.25, 0.3) is 5.91 Å². The van der Waals surface area contributed by atoms with Crippen molar-refractivity contribution >= 4 is 5.91 Å². The average molecular weight is 281 g/mol. The number of rotatable bonds is 5. The van der Waals surface area contributed by atoms with Gasteiger partial charge in [0, 0.05) is 7.11 Å². The second-order valence-corrected chi connectivity index (χ2v) is 4.65. The largest absolute Gasteiger partial charge is 0.482 e. The van der Waals surface area contributed by atoms with Crippen LogP contribution in [-0.4, -0.2) is 49.6 Å². The predicted octanol–water partition coefficient (Wildman–Crippen LogP) is 0.338. The molecule has 20 heavy (non-hydrogen) atoms. The average Bonchev–Trinajstić information content (AvgIpc) is 2.45. The van der Waals surface area contributed by atoms with E-state index in [0.717, 1.165) is 0 Å². The zero-order chi connectivity index (χ0) is 14.5. The minimum absolute atomic E-state index is 0.196. The molecule has 0 saturated heterocycles. The highest BCUT2D eigenvalue weighted by Crippen LogP contribution is 2.33. The third-order valence-corrected chi connectivity index (χ3v) is 3.04. The Labute approximate surface area is 117 Å². The molecule has 0 bridgehead atoms. The smallest absolute Gasteiger partial charge is 0.265 e. The van der Waals surface area contributed by atoms with Crippen LogP contribution in [0, 0.1) is 0 Å². The van der Waals surface area contributed by atoms with Crippen molar-refractivity contribution in [3.05, 3.63) is 24.3 Å². The molecular formula is C14H19NO5. The van der Waals surface area contributed by atoms with E-state index in [9.17, 15) is 4.79 Å². The Bertz CT molecular complexity index is 465. The number of ether oxygens (including phenoxy) is 3. The summed E-state index contributed by atoms with van der Waals surface area (Å²) in [5, 5.41) is 11.8. The highest BCUT2D eigenvalue weighted by molar-refractivity contribution is 5.82. The minimum Gasteiger partial charge on any atom is -0.482 e. The van der Waals surface area contributed by atoms with Gasteiger partial charge in [-0.15, -0.1) is 0 Å². The van der Waals surface area contributed by atoms with Gasteiger partial charge in [0.15, 0.2) is 11.5 Å². The van der Waals surface area contributed by atoms with Crippen LogP contribution < -0.4 is 14.8 Å². The zero-order valence-electron chi connectivity index (χ0n) is 11.5. The maximum atomic E-state index is 12.2. The summed E-state index contributed by atoms with van der Waals surface area (Å²) >= 11 is 0. The number of carbonyl (C=O) groups excluding carboxylic acids is 1. The third kappa shape index (κ3) is 3.20. The van der Waals surface area contributed by atoms with Crippen LogP contribution in [0.15, 0.2) is 24.3 Å². The van der Waals surface area contributed by atoms with Crippen molar-refractivity contribution in [3.8, 4) is 11.5 Å². The number of methoxy groups -OCH3 is 1. The van der Waals surface area contributed by atoms with Gasteiger partial charge < -0.3 is 24.6 Å². The number of carbonyl (C=O) groups is 1. The van der Waals surface area contributed by atoms with Crippen LogP contribution in [0.4, 0.5) is 0 Å². The number of aliphatic hydroxyl groups is 1. The molecule has 0 aliphatic carbocycles. The number of amides is 1. The van der Waals surface area contributed by atoms with Crippen molar-refractivity contribution in [2.24, 2.45) is 0 Å². The maximum absolute atomic E-state index is 12.2. The zero-order valence-corrected chi connectivity index (χ0v) is 11.5. The number of para-hydroxylation sites is 2. The molecule has 1 aliphatic rings. The molecule has 6 heteroatoms. The van der Waals surface area contributed by atoms with Gasteiger partial charge in [-0.05, 0) is 19.1 Å². The summed E-state index contributed by atoms with van der Waals surface area (Å²) < 4.78 is 16.3. The number of nitrogens with one attached hydrogen (secondary N) is 1. The molecule has 110 valence electrons. The molecule has 0 fully saturated rings. The molecule has 0 radical (unpaired) electrons. The molecule has 6 nitrogen and oxygen atoms in total. The van der Waals surface area contributed by atoms with E-state index in [2.05, 4.69) is 5.32 Å². The molecule has 2 rings (SSSR count). The fourth-order valence-electron chi connectivity index (χ4n) is 2.03. The first-order valence-electron chi connectivity index (χ1n) is 6.48. The van der Waals surface area contributed by atoms with Crippen LogP contribution in [0.25, 0.3) is 0 Å². The Hall–Kier alpha value is -1.79. The second-order valence-electron chi connectivity index (χ2n) is 4.65. The van der Waals surface area contributed by atoms with Crippen LogP contribution in [-0.2, 0) is 9.53 Å². The van der Waals surface area contributed by atoms with Crippen LogP contribution in [0.1, 0.15) is 6.92 Å². The van der Waals surface area contributed by atoms with Gasteiger partial charge >= 0.3 is 0 Å².